The molecule has 27 heavy (non-hydrogen) atoms. The molecule has 6 nitrogen and oxygen atoms in total. The van der Waals surface area contributed by atoms with E-state index in [9.17, 15) is 4.79 Å². The molecule has 2 N–H and O–H groups in total. The van der Waals surface area contributed by atoms with Crippen molar-refractivity contribution in [3.8, 4) is 11.5 Å². The summed E-state index contributed by atoms with van der Waals surface area (Å²) in [7, 11) is 3.12. The Kier molecular flexibility index (Phi) is 5.61. The summed E-state index contributed by atoms with van der Waals surface area (Å²) in [5.74, 6) is 0.863. The van der Waals surface area contributed by atoms with Gasteiger partial charge in [0, 0.05) is 22.8 Å². The van der Waals surface area contributed by atoms with Gasteiger partial charge in [-0.2, -0.15) is 0 Å². The summed E-state index contributed by atoms with van der Waals surface area (Å²) in [5.41, 5.74) is 4.26. The smallest absolute Gasteiger partial charge is 0.275 e. The molecule has 0 atom stereocenters. The number of aromatic nitrogens is 1. The number of hydrogen-bond acceptors (Lipinski definition) is 6. The van der Waals surface area contributed by atoms with Crippen molar-refractivity contribution in [2.45, 2.75) is 13.8 Å². The number of thiazole rings is 1. The molecular weight excluding hydrogens is 362 g/mol. The Morgan fingerprint density at radius 3 is 2.52 bits per heavy atom. The molecule has 0 aliphatic heterocycles. The third-order valence-electron chi connectivity index (χ3n) is 4.00. The Bertz CT molecular complexity index is 969. The first-order chi connectivity index (χ1) is 13.0. The molecule has 3 rings (SSSR count). The number of hydrogen-bond donors (Lipinski definition) is 2. The van der Waals surface area contributed by atoms with Crippen LogP contribution < -0.4 is 20.1 Å². The first-order valence-electron chi connectivity index (χ1n) is 8.33. The van der Waals surface area contributed by atoms with Crippen molar-refractivity contribution in [2.75, 3.05) is 24.9 Å². The average Bonchev–Trinajstić information content (AvgIpc) is 3.12. The fraction of sp³-hybridized carbons (Fsp3) is 0.200. The van der Waals surface area contributed by atoms with Crippen LogP contribution in [0.15, 0.2) is 41.8 Å². The normalized spacial score (nSPS) is 10.4. The van der Waals surface area contributed by atoms with Gasteiger partial charge in [0.05, 0.1) is 14.2 Å². The van der Waals surface area contributed by atoms with E-state index in [0.717, 1.165) is 11.3 Å². The largest absolute Gasteiger partial charge is 0.493 e. The molecule has 0 aliphatic rings. The first-order valence-corrected chi connectivity index (χ1v) is 9.21. The molecular formula is C20H21N3O3S. The molecule has 140 valence electrons. The molecule has 0 unspecified atom stereocenters. The summed E-state index contributed by atoms with van der Waals surface area (Å²) in [6, 6.07) is 11.3. The molecule has 1 amide bonds. The molecule has 1 aromatic heterocycles. The van der Waals surface area contributed by atoms with Crippen molar-refractivity contribution in [3.05, 3.63) is 58.6 Å². The molecule has 1 heterocycles. The SMILES string of the molecule is COc1ccc(NC(=O)c2csc(Nc3ccc(C)cc3C)n2)cc1OC. The van der Waals surface area contributed by atoms with E-state index >= 15 is 0 Å². The highest BCUT2D eigenvalue weighted by atomic mass is 32.1. The molecule has 0 aliphatic carbocycles. The number of methoxy groups -OCH3 is 2. The van der Waals surface area contributed by atoms with E-state index in [1.807, 2.05) is 19.1 Å². The fourth-order valence-electron chi connectivity index (χ4n) is 2.61. The molecule has 7 heteroatoms. The van der Waals surface area contributed by atoms with Crippen LogP contribution in [0.3, 0.4) is 0 Å². The number of aryl methyl sites for hydroxylation is 2. The maximum absolute atomic E-state index is 12.5. The first kappa shape index (κ1) is 18.7. The van der Waals surface area contributed by atoms with Gasteiger partial charge in [-0.05, 0) is 37.6 Å². The van der Waals surface area contributed by atoms with E-state index in [0.29, 0.717) is 28.0 Å². The van der Waals surface area contributed by atoms with E-state index in [4.69, 9.17) is 9.47 Å². The van der Waals surface area contributed by atoms with Crippen LogP contribution in [-0.2, 0) is 0 Å². The lowest BCUT2D eigenvalue weighted by Gasteiger charge is -2.10. The minimum Gasteiger partial charge on any atom is -0.493 e. The standard InChI is InChI=1S/C20H21N3O3S/c1-12-5-7-15(13(2)9-12)22-20-23-16(11-27-20)19(24)21-14-6-8-17(25-3)18(10-14)26-4/h5-11H,1-4H3,(H,21,24)(H,22,23). The quantitative estimate of drug-likeness (QED) is 0.641. The summed E-state index contributed by atoms with van der Waals surface area (Å²) < 4.78 is 10.5. The lowest BCUT2D eigenvalue weighted by Crippen LogP contribution is -2.12. The lowest BCUT2D eigenvalue weighted by molar-refractivity contribution is 0.102. The topological polar surface area (TPSA) is 72.5 Å². The van der Waals surface area contributed by atoms with Crippen LogP contribution in [0.4, 0.5) is 16.5 Å². The molecule has 0 saturated carbocycles. The van der Waals surface area contributed by atoms with Gasteiger partial charge in [0.1, 0.15) is 5.69 Å². The summed E-state index contributed by atoms with van der Waals surface area (Å²) in [6.07, 6.45) is 0. The van der Waals surface area contributed by atoms with Crippen molar-refractivity contribution >= 4 is 33.8 Å². The van der Waals surface area contributed by atoms with Crippen LogP contribution in [0.25, 0.3) is 0 Å². The Labute approximate surface area is 162 Å². The van der Waals surface area contributed by atoms with Crippen LogP contribution in [0, 0.1) is 13.8 Å². The van der Waals surface area contributed by atoms with Gasteiger partial charge in [0.15, 0.2) is 16.6 Å². The minimum absolute atomic E-state index is 0.285. The van der Waals surface area contributed by atoms with Crippen LogP contribution in [-0.4, -0.2) is 25.1 Å². The van der Waals surface area contributed by atoms with E-state index in [1.165, 1.54) is 16.9 Å². The number of amides is 1. The Morgan fingerprint density at radius 2 is 1.81 bits per heavy atom. The monoisotopic (exact) mass is 383 g/mol. The summed E-state index contributed by atoms with van der Waals surface area (Å²) in [4.78, 5) is 16.9. The zero-order chi connectivity index (χ0) is 19.4. The Balaban J connectivity index is 1.71. The molecule has 2 aromatic carbocycles. The van der Waals surface area contributed by atoms with Gasteiger partial charge in [-0.1, -0.05) is 17.7 Å². The second-order valence-electron chi connectivity index (χ2n) is 6.01. The zero-order valence-electron chi connectivity index (χ0n) is 15.6. The number of ether oxygens (including phenoxy) is 2. The molecule has 0 fully saturated rings. The van der Waals surface area contributed by atoms with Gasteiger partial charge >= 0.3 is 0 Å². The van der Waals surface area contributed by atoms with Crippen LogP contribution in [0.5, 0.6) is 11.5 Å². The average molecular weight is 383 g/mol. The van der Waals surface area contributed by atoms with Crippen molar-refractivity contribution in [3.63, 3.8) is 0 Å². The Hall–Kier alpha value is -3.06. The number of carbonyl (C=O) groups is 1. The van der Waals surface area contributed by atoms with Crippen molar-refractivity contribution < 1.29 is 14.3 Å². The Morgan fingerprint density at radius 1 is 1.04 bits per heavy atom. The number of nitrogens with zero attached hydrogens (tertiary/aromatic N) is 1. The summed E-state index contributed by atoms with van der Waals surface area (Å²) >= 11 is 1.38. The number of nitrogens with one attached hydrogen (secondary N) is 2. The summed E-state index contributed by atoms with van der Waals surface area (Å²) in [6.45, 7) is 4.09. The maximum Gasteiger partial charge on any atom is 0.275 e. The van der Waals surface area contributed by atoms with Crippen LogP contribution in [0.2, 0.25) is 0 Å². The van der Waals surface area contributed by atoms with E-state index < -0.39 is 0 Å². The van der Waals surface area contributed by atoms with Gasteiger partial charge in [-0.15, -0.1) is 11.3 Å². The second kappa shape index (κ2) is 8.09. The number of carbonyl (C=O) groups excluding carboxylic acids is 1. The van der Waals surface area contributed by atoms with E-state index in [1.54, 1.807) is 37.8 Å². The predicted molar refractivity (Wildman–Crippen MR) is 109 cm³/mol. The molecule has 0 bridgehead atoms. The van der Waals surface area contributed by atoms with Crippen molar-refractivity contribution in [1.29, 1.82) is 0 Å². The number of rotatable bonds is 6. The van der Waals surface area contributed by atoms with Gasteiger partial charge in [0.2, 0.25) is 0 Å². The van der Waals surface area contributed by atoms with E-state index in [-0.39, 0.29) is 5.91 Å². The van der Waals surface area contributed by atoms with Crippen molar-refractivity contribution in [2.24, 2.45) is 0 Å². The molecule has 0 radical (unpaired) electrons. The molecule has 3 aromatic rings. The predicted octanol–water partition coefficient (Wildman–Crippen LogP) is 4.77. The lowest BCUT2D eigenvalue weighted by atomic mass is 10.1. The summed E-state index contributed by atoms with van der Waals surface area (Å²) in [5, 5.41) is 8.48. The molecule has 0 spiro atoms. The van der Waals surface area contributed by atoms with E-state index in [2.05, 4.69) is 28.6 Å². The second-order valence-corrected chi connectivity index (χ2v) is 6.86. The third kappa shape index (κ3) is 4.38. The number of anilines is 3. The van der Waals surface area contributed by atoms with Gasteiger partial charge in [0.25, 0.3) is 5.91 Å². The minimum atomic E-state index is -0.285. The van der Waals surface area contributed by atoms with Gasteiger partial charge in [-0.25, -0.2) is 4.98 Å². The van der Waals surface area contributed by atoms with Crippen molar-refractivity contribution in [1.82, 2.24) is 4.98 Å². The van der Waals surface area contributed by atoms with Gasteiger partial charge in [-0.3, -0.25) is 4.79 Å². The number of benzene rings is 2. The highest BCUT2D eigenvalue weighted by molar-refractivity contribution is 7.14. The fourth-order valence-corrected chi connectivity index (χ4v) is 3.32. The maximum atomic E-state index is 12.5. The zero-order valence-corrected chi connectivity index (χ0v) is 16.4. The van der Waals surface area contributed by atoms with Gasteiger partial charge < -0.3 is 20.1 Å². The van der Waals surface area contributed by atoms with Crippen LogP contribution >= 0.6 is 11.3 Å². The van der Waals surface area contributed by atoms with Crippen LogP contribution in [0.1, 0.15) is 21.6 Å². The molecule has 0 saturated heterocycles. The highest BCUT2D eigenvalue weighted by Gasteiger charge is 2.13. The third-order valence-corrected chi connectivity index (χ3v) is 4.76. The highest BCUT2D eigenvalue weighted by Crippen LogP contribution is 2.30.